The highest BCUT2D eigenvalue weighted by molar-refractivity contribution is 5.97. The molecular weight excluding hydrogens is 370 g/mol. The van der Waals surface area contributed by atoms with E-state index in [4.69, 9.17) is 4.74 Å². The van der Waals surface area contributed by atoms with Crippen LogP contribution in [0.2, 0.25) is 0 Å². The van der Waals surface area contributed by atoms with Crippen molar-refractivity contribution in [2.24, 2.45) is 5.92 Å². The second-order valence-electron chi connectivity index (χ2n) is 8.90. The van der Waals surface area contributed by atoms with Crippen LogP contribution in [0.15, 0.2) is 31.1 Å². The van der Waals surface area contributed by atoms with Crippen molar-refractivity contribution in [1.82, 2.24) is 24.4 Å². The molecule has 4 heterocycles. The van der Waals surface area contributed by atoms with Crippen LogP contribution in [0, 0.1) is 5.92 Å². The Labute approximate surface area is 170 Å². The molecule has 0 saturated carbocycles. The minimum atomic E-state index is -0.521. The summed E-state index contributed by atoms with van der Waals surface area (Å²) in [7, 11) is 0. The number of carbonyl (C=O) groups excluding carboxylic acids is 2. The number of ketones is 1. The fourth-order valence-corrected chi connectivity index (χ4v) is 4.40. The molecule has 2 aliphatic heterocycles. The molecular formula is C21H27N5O3. The molecule has 2 saturated heterocycles. The summed E-state index contributed by atoms with van der Waals surface area (Å²) in [6.07, 6.45) is 12.2. The zero-order chi connectivity index (χ0) is 20.6. The van der Waals surface area contributed by atoms with E-state index in [9.17, 15) is 9.59 Å². The predicted octanol–water partition coefficient (Wildman–Crippen LogP) is 3.41. The van der Waals surface area contributed by atoms with E-state index in [1.54, 1.807) is 35.7 Å². The van der Waals surface area contributed by atoms with Crippen molar-refractivity contribution in [3.8, 4) is 5.95 Å². The lowest BCUT2D eigenvalue weighted by molar-refractivity contribution is -0.0260. The molecule has 2 atom stereocenters. The zero-order valence-electron chi connectivity index (χ0n) is 17.1. The Morgan fingerprint density at radius 2 is 1.76 bits per heavy atom. The van der Waals surface area contributed by atoms with Gasteiger partial charge in [0.2, 0.25) is 5.95 Å². The summed E-state index contributed by atoms with van der Waals surface area (Å²) in [5, 5.41) is 0. The molecule has 1 amide bonds. The third-order valence-electron chi connectivity index (χ3n) is 5.61. The Bertz CT molecular complexity index is 859. The van der Waals surface area contributed by atoms with Crippen LogP contribution < -0.4 is 0 Å². The van der Waals surface area contributed by atoms with Crippen molar-refractivity contribution >= 4 is 11.9 Å². The molecule has 2 fully saturated rings. The topological polar surface area (TPSA) is 90.2 Å². The Balaban J connectivity index is 1.47. The van der Waals surface area contributed by atoms with E-state index in [1.165, 1.54) is 0 Å². The maximum atomic E-state index is 13.1. The van der Waals surface area contributed by atoms with E-state index >= 15 is 0 Å². The van der Waals surface area contributed by atoms with Gasteiger partial charge in [0.25, 0.3) is 0 Å². The molecule has 2 aliphatic rings. The van der Waals surface area contributed by atoms with Crippen molar-refractivity contribution in [3.63, 3.8) is 0 Å². The number of fused-ring (bicyclic) bond motifs is 2. The van der Waals surface area contributed by atoms with Crippen LogP contribution in [0.5, 0.6) is 0 Å². The molecule has 0 spiro atoms. The second kappa shape index (κ2) is 7.57. The van der Waals surface area contributed by atoms with Gasteiger partial charge in [-0.15, -0.1) is 0 Å². The van der Waals surface area contributed by atoms with Crippen molar-refractivity contribution in [3.05, 3.63) is 36.7 Å². The first-order valence-corrected chi connectivity index (χ1v) is 10.2. The van der Waals surface area contributed by atoms with E-state index in [0.717, 1.165) is 19.3 Å². The molecule has 0 aromatic carbocycles. The number of nitrogens with zero attached hydrogens (tertiary/aromatic N) is 5. The number of hydrogen-bond acceptors (Lipinski definition) is 6. The lowest BCUT2D eigenvalue weighted by Gasteiger charge is -2.48. The first-order chi connectivity index (χ1) is 13.8. The predicted molar refractivity (Wildman–Crippen MR) is 106 cm³/mol. The number of carbonyl (C=O) groups is 2. The van der Waals surface area contributed by atoms with Crippen LogP contribution in [0.1, 0.15) is 63.2 Å². The Hall–Kier alpha value is -2.77. The van der Waals surface area contributed by atoms with Crippen LogP contribution in [0.4, 0.5) is 4.79 Å². The van der Waals surface area contributed by atoms with Gasteiger partial charge in [-0.05, 0) is 52.9 Å². The summed E-state index contributed by atoms with van der Waals surface area (Å²) in [4.78, 5) is 40.3. The van der Waals surface area contributed by atoms with Gasteiger partial charge in [-0.25, -0.2) is 19.7 Å². The molecule has 8 nitrogen and oxygen atoms in total. The van der Waals surface area contributed by atoms with Gasteiger partial charge in [-0.1, -0.05) is 0 Å². The van der Waals surface area contributed by atoms with Gasteiger partial charge in [0, 0.05) is 42.8 Å². The summed E-state index contributed by atoms with van der Waals surface area (Å²) in [6, 6.07) is 0.106. The van der Waals surface area contributed by atoms with E-state index in [2.05, 4.69) is 15.0 Å². The number of rotatable bonds is 3. The summed E-state index contributed by atoms with van der Waals surface area (Å²) in [5.41, 5.74) is -0.00511. The van der Waals surface area contributed by atoms with Gasteiger partial charge in [0.1, 0.15) is 11.9 Å². The summed E-state index contributed by atoms with van der Waals surface area (Å²) < 4.78 is 7.31. The molecule has 0 radical (unpaired) electrons. The van der Waals surface area contributed by atoms with Crippen molar-refractivity contribution < 1.29 is 14.3 Å². The normalized spacial score (nSPS) is 24.2. The van der Waals surface area contributed by atoms with E-state index in [-0.39, 0.29) is 29.9 Å². The molecule has 0 aliphatic carbocycles. The SMILES string of the molecule is CC(C)(C)OC(=O)N1C2CCCC1CC(C(=O)c1cnc(-n3ccnc3)nc1)C2. The average Bonchev–Trinajstić information content (AvgIpc) is 3.20. The third kappa shape index (κ3) is 4.16. The van der Waals surface area contributed by atoms with Crippen LogP contribution >= 0.6 is 0 Å². The van der Waals surface area contributed by atoms with Crippen LogP contribution in [0.3, 0.4) is 0 Å². The summed E-state index contributed by atoms with van der Waals surface area (Å²) >= 11 is 0. The molecule has 4 rings (SSSR count). The molecule has 2 bridgehead atoms. The number of aromatic nitrogens is 4. The van der Waals surface area contributed by atoms with Crippen molar-refractivity contribution in [2.45, 2.75) is 70.6 Å². The summed E-state index contributed by atoms with van der Waals surface area (Å²) in [5.74, 6) is 0.422. The van der Waals surface area contributed by atoms with Crippen molar-refractivity contribution in [2.75, 3.05) is 0 Å². The number of imidazole rings is 1. The first-order valence-electron chi connectivity index (χ1n) is 10.2. The van der Waals surface area contributed by atoms with E-state index in [1.807, 2.05) is 25.7 Å². The largest absolute Gasteiger partial charge is 0.444 e. The lowest BCUT2D eigenvalue weighted by atomic mass is 9.76. The van der Waals surface area contributed by atoms with Gasteiger partial charge < -0.3 is 9.64 Å². The van der Waals surface area contributed by atoms with Crippen molar-refractivity contribution in [1.29, 1.82) is 0 Å². The van der Waals surface area contributed by atoms with Gasteiger partial charge in [-0.3, -0.25) is 9.36 Å². The first kappa shape index (κ1) is 19.5. The highest BCUT2D eigenvalue weighted by Crippen LogP contribution is 2.39. The van der Waals surface area contributed by atoms with Gasteiger partial charge in [-0.2, -0.15) is 0 Å². The number of amides is 1. The maximum absolute atomic E-state index is 13.1. The highest BCUT2D eigenvalue weighted by Gasteiger charge is 2.44. The highest BCUT2D eigenvalue weighted by atomic mass is 16.6. The Morgan fingerprint density at radius 1 is 1.10 bits per heavy atom. The van der Waals surface area contributed by atoms with Crippen LogP contribution in [0.25, 0.3) is 5.95 Å². The third-order valence-corrected chi connectivity index (χ3v) is 5.61. The Morgan fingerprint density at radius 3 is 2.31 bits per heavy atom. The Kier molecular flexibility index (Phi) is 5.10. The molecule has 2 aromatic heterocycles. The molecule has 2 aromatic rings. The molecule has 2 unspecified atom stereocenters. The van der Waals surface area contributed by atoms with Crippen LogP contribution in [-0.2, 0) is 4.74 Å². The lowest BCUT2D eigenvalue weighted by Crippen LogP contribution is -2.56. The minimum absolute atomic E-state index is 0.0532. The monoisotopic (exact) mass is 397 g/mol. The fourth-order valence-electron chi connectivity index (χ4n) is 4.40. The standard InChI is InChI=1S/C21H27N5O3/c1-21(2,3)29-20(28)26-16-5-4-6-17(26)10-14(9-16)18(27)15-11-23-19(24-12-15)25-8-7-22-13-25/h7-8,11-14,16-17H,4-6,9-10H2,1-3H3. The van der Waals surface area contributed by atoms with E-state index in [0.29, 0.717) is 24.4 Å². The second-order valence-corrected chi connectivity index (χ2v) is 8.90. The summed E-state index contributed by atoms with van der Waals surface area (Å²) in [6.45, 7) is 5.64. The molecule has 29 heavy (non-hydrogen) atoms. The maximum Gasteiger partial charge on any atom is 0.410 e. The van der Waals surface area contributed by atoms with Gasteiger partial charge in [0.05, 0.1) is 5.56 Å². The molecule has 154 valence electrons. The van der Waals surface area contributed by atoms with Gasteiger partial charge >= 0.3 is 6.09 Å². The number of hydrogen-bond donors (Lipinski definition) is 0. The number of ether oxygens (including phenoxy) is 1. The average molecular weight is 397 g/mol. The van der Waals surface area contributed by atoms with Gasteiger partial charge in [0.15, 0.2) is 5.78 Å². The fraction of sp³-hybridized carbons (Fsp3) is 0.571. The molecule has 0 N–H and O–H groups in total. The zero-order valence-corrected chi connectivity index (χ0v) is 17.1. The van der Waals surface area contributed by atoms with Crippen LogP contribution in [-0.4, -0.2) is 54.0 Å². The smallest absolute Gasteiger partial charge is 0.410 e. The minimum Gasteiger partial charge on any atom is -0.444 e. The number of piperidine rings is 2. The quantitative estimate of drug-likeness (QED) is 0.737. The number of Topliss-reactive ketones (excluding diaryl/α,β-unsaturated/α-hetero) is 1. The van der Waals surface area contributed by atoms with E-state index < -0.39 is 5.60 Å². The molecule has 8 heteroatoms.